The number of para-hydroxylation sites is 1. The maximum absolute atomic E-state index is 13.2. The second kappa shape index (κ2) is 7.30. The Bertz CT molecular complexity index is 958. The first kappa shape index (κ1) is 19.6. The van der Waals surface area contributed by atoms with Crippen LogP contribution in [0.5, 0.6) is 0 Å². The molecule has 6 nitrogen and oxygen atoms in total. The molecular formula is C22H25N3O3S. The Morgan fingerprint density at radius 3 is 2.72 bits per heavy atom. The van der Waals surface area contributed by atoms with Gasteiger partial charge in [-0.3, -0.25) is 19.3 Å². The Balaban J connectivity index is 1.55. The van der Waals surface area contributed by atoms with Crippen LogP contribution in [0.4, 0.5) is 5.69 Å². The highest BCUT2D eigenvalue weighted by Gasteiger charge is 2.52. The Labute approximate surface area is 174 Å². The van der Waals surface area contributed by atoms with Crippen LogP contribution in [0, 0.1) is 0 Å². The quantitative estimate of drug-likeness (QED) is 0.754. The summed E-state index contributed by atoms with van der Waals surface area (Å²) in [4.78, 5) is 45.0. The molecule has 0 bridgehead atoms. The van der Waals surface area contributed by atoms with Crippen molar-refractivity contribution in [2.75, 3.05) is 18.5 Å². The molecule has 3 heterocycles. The van der Waals surface area contributed by atoms with Crippen molar-refractivity contribution in [1.82, 2.24) is 9.80 Å². The molecule has 1 saturated heterocycles. The minimum Gasteiger partial charge on any atom is -0.338 e. The highest BCUT2D eigenvalue weighted by Crippen LogP contribution is 2.44. The van der Waals surface area contributed by atoms with Crippen LogP contribution in [0.2, 0.25) is 0 Å². The van der Waals surface area contributed by atoms with Crippen LogP contribution < -0.4 is 4.90 Å². The molecule has 0 spiro atoms. The molecule has 152 valence electrons. The fraction of sp³-hybridized carbons (Fsp3) is 0.409. The molecule has 3 amide bonds. The summed E-state index contributed by atoms with van der Waals surface area (Å²) >= 11 is 1.63. The van der Waals surface area contributed by atoms with Crippen LogP contribution in [0.15, 0.2) is 41.8 Å². The van der Waals surface area contributed by atoms with E-state index in [4.69, 9.17) is 0 Å². The molecule has 0 aliphatic carbocycles. The number of thiophene rings is 1. The minimum absolute atomic E-state index is 0.0135. The van der Waals surface area contributed by atoms with Crippen molar-refractivity contribution in [3.05, 3.63) is 52.2 Å². The number of hydrogen-bond donors (Lipinski definition) is 0. The predicted molar refractivity (Wildman–Crippen MR) is 113 cm³/mol. The van der Waals surface area contributed by atoms with Crippen LogP contribution in [0.1, 0.15) is 54.4 Å². The van der Waals surface area contributed by atoms with Crippen LogP contribution >= 0.6 is 11.3 Å². The van der Waals surface area contributed by atoms with Crippen LogP contribution in [-0.2, 0) is 9.59 Å². The zero-order chi connectivity index (χ0) is 20.8. The van der Waals surface area contributed by atoms with Gasteiger partial charge in [0.25, 0.3) is 5.91 Å². The average Bonchev–Trinajstić information content (AvgIpc) is 3.35. The van der Waals surface area contributed by atoms with Gasteiger partial charge in [0.2, 0.25) is 11.8 Å². The zero-order valence-electron chi connectivity index (χ0n) is 16.9. The molecule has 1 aromatic heterocycles. The molecule has 0 radical (unpaired) electrons. The van der Waals surface area contributed by atoms with Crippen molar-refractivity contribution in [2.45, 2.75) is 44.8 Å². The molecule has 4 rings (SSSR count). The molecule has 1 fully saturated rings. The number of benzene rings is 1. The number of amides is 3. The van der Waals surface area contributed by atoms with Crippen molar-refractivity contribution in [1.29, 1.82) is 0 Å². The van der Waals surface area contributed by atoms with Gasteiger partial charge < -0.3 is 9.80 Å². The van der Waals surface area contributed by atoms with E-state index in [1.54, 1.807) is 45.2 Å². The normalized spacial score (nSPS) is 21.8. The Morgan fingerprint density at radius 1 is 1.24 bits per heavy atom. The lowest BCUT2D eigenvalue weighted by molar-refractivity contribution is -0.132. The van der Waals surface area contributed by atoms with Gasteiger partial charge in [0, 0.05) is 31.3 Å². The number of carbonyl (C=O) groups excluding carboxylic acids is 3. The highest BCUT2D eigenvalue weighted by molar-refractivity contribution is 7.10. The molecule has 7 heteroatoms. The van der Waals surface area contributed by atoms with E-state index in [0.717, 1.165) is 4.88 Å². The van der Waals surface area contributed by atoms with E-state index < -0.39 is 5.66 Å². The van der Waals surface area contributed by atoms with Crippen LogP contribution in [-0.4, -0.2) is 46.8 Å². The van der Waals surface area contributed by atoms with Gasteiger partial charge in [-0.25, -0.2) is 0 Å². The Kier molecular flexibility index (Phi) is 4.94. The van der Waals surface area contributed by atoms with Gasteiger partial charge in [0.15, 0.2) is 0 Å². The van der Waals surface area contributed by atoms with E-state index in [0.29, 0.717) is 24.1 Å². The van der Waals surface area contributed by atoms with Gasteiger partial charge in [-0.2, -0.15) is 0 Å². The number of nitrogens with zero attached hydrogens (tertiary/aromatic N) is 3. The summed E-state index contributed by atoms with van der Waals surface area (Å²) in [5, 5.41) is 2.00. The van der Waals surface area contributed by atoms with Gasteiger partial charge in [-0.15, -0.1) is 11.3 Å². The summed E-state index contributed by atoms with van der Waals surface area (Å²) in [5.74, 6) is -0.111. The molecule has 0 unspecified atom stereocenters. The number of anilines is 1. The van der Waals surface area contributed by atoms with E-state index in [-0.39, 0.29) is 36.7 Å². The van der Waals surface area contributed by atoms with Gasteiger partial charge in [-0.1, -0.05) is 18.2 Å². The largest absolute Gasteiger partial charge is 0.338 e. The topological polar surface area (TPSA) is 60.9 Å². The van der Waals surface area contributed by atoms with E-state index in [1.807, 2.05) is 43.5 Å². The van der Waals surface area contributed by atoms with Crippen molar-refractivity contribution < 1.29 is 14.4 Å². The molecule has 2 aromatic rings. The summed E-state index contributed by atoms with van der Waals surface area (Å²) in [6.45, 7) is 4.21. The first-order valence-electron chi connectivity index (χ1n) is 9.87. The second-order valence-electron chi connectivity index (χ2n) is 7.87. The van der Waals surface area contributed by atoms with Crippen LogP contribution in [0.3, 0.4) is 0 Å². The van der Waals surface area contributed by atoms with Crippen molar-refractivity contribution >= 4 is 34.7 Å². The third-order valence-electron chi connectivity index (χ3n) is 6.22. The molecule has 1 aromatic carbocycles. The molecule has 2 atom stereocenters. The van der Waals surface area contributed by atoms with Crippen molar-refractivity contribution in [3.63, 3.8) is 0 Å². The lowest BCUT2D eigenvalue weighted by Crippen LogP contribution is -2.62. The van der Waals surface area contributed by atoms with E-state index in [2.05, 4.69) is 0 Å². The third-order valence-corrected chi connectivity index (χ3v) is 7.27. The van der Waals surface area contributed by atoms with Gasteiger partial charge >= 0.3 is 0 Å². The van der Waals surface area contributed by atoms with Gasteiger partial charge in [0.1, 0.15) is 5.66 Å². The SMILES string of the molecule is C[C@@H](c1cccs1)N(C)C(=O)CCN1C(=O)c2ccccc2N2C(=O)CC[C@@]12C. The number of rotatable bonds is 5. The molecular weight excluding hydrogens is 386 g/mol. The zero-order valence-corrected chi connectivity index (χ0v) is 17.7. The first-order chi connectivity index (χ1) is 13.8. The van der Waals surface area contributed by atoms with E-state index >= 15 is 0 Å². The third kappa shape index (κ3) is 3.13. The predicted octanol–water partition coefficient (Wildman–Crippen LogP) is 3.66. The first-order valence-corrected chi connectivity index (χ1v) is 10.8. The summed E-state index contributed by atoms with van der Waals surface area (Å²) in [6, 6.07) is 11.2. The van der Waals surface area contributed by atoms with E-state index in [9.17, 15) is 14.4 Å². The summed E-state index contributed by atoms with van der Waals surface area (Å²) < 4.78 is 0. The maximum Gasteiger partial charge on any atom is 0.257 e. The molecule has 29 heavy (non-hydrogen) atoms. The monoisotopic (exact) mass is 411 g/mol. The smallest absolute Gasteiger partial charge is 0.257 e. The number of carbonyl (C=O) groups is 3. The van der Waals surface area contributed by atoms with Crippen LogP contribution in [0.25, 0.3) is 0 Å². The van der Waals surface area contributed by atoms with Crippen molar-refractivity contribution in [2.24, 2.45) is 0 Å². The van der Waals surface area contributed by atoms with Gasteiger partial charge in [0.05, 0.1) is 17.3 Å². The Hall–Kier alpha value is -2.67. The molecule has 2 aliphatic rings. The summed E-state index contributed by atoms with van der Waals surface area (Å²) in [6.07, 6.45) is 1.19. The molecule has 0 saturated carbocycles. The lowest BCUT2D eigenvalue weighted by atomic mass is 9.98. The second-order valence-corrected chi connectivity index (χ2v) is 8.85. The fourth-order valence-corrected chi connectivity index (χ4v) is 5.19. The highest BCUT2D eigenvalue weighted by atomic mass is 32.1. The molecule has 0 N–H and O–H groups in total. The van der Waals surface area contributed by atoms with E-state index in [1.165, 1.54) is 0 Å². The van der Waals surface area contributed by atoms with Crippen molar-refractivity contribution in [3.8, 4) is 0 Å². The number of hydrogen-bond acceptors (Lipinski definition) is 4. The average molecular weight is 412 g/mol. The lowest BCUT2D eigenvalue weighted by Gasteiger charge is -2.48. The standard InChI is InChI=1S/C22H25N3O3S/c1-15(18-9-6-14-29-18)23(3)19(26)11-13-24-21(28)16-7-4-5-8-17(16)25-20(27)10-12-22(24,25)2/h4-9,14-15H,10-13H2,1-3H3/t15-,22-/m0/s1. The molecule has 2 aliphatic heterocycles. The Morgan fingerprint density at radius 2 is 2.00 bits per heavy atom. The fourth-order valence-electron chi connectivity index (χ4n) is 4.36. The van der Waals surface area contributed by atoms with Gasteiger partial charge in [-0.05, 0) is 43.8 Å². The summed E-state index contributed by atoms with van der Waals surface area (Å²) in [7, 11) is 1.80. The maximum atomic E-state index is 13.2. The minimum atomic E-state index is -0.721. The number of fused-ring (bicyclic) bond motifs is 3. The summed E-state index contributed by atoms with van der Waals surface area (Å²) in [5.41, 5.74) is 0.474.